The number of carbonyl (C=O) groups is 1. The van der Waals surface area contributed by atoms with E-state index in [9.17, 15) is 18.0 Å². The Kier molecular flexibility index (Phi) is 10.0. The summed E-state index contributed by atoms with van der Waals surface area (Å²) in [6.07, 6.45) is 0.859. The minimum absolute atomic E-state index is 0. The van der Waals surface area contributed by atoms with Crippen molar-refractivity contribution >= 4 is 21.9 Å². The Morgan fingerprint density at radius 1 is 1.00 bits per heavy atom. The van der Waals surface area contributed by atoms with Crippen LogP contribution in [0.5, 0.6) is 0 Å². The van der Waals surface area contributed by atoms with Crippen LogP contribution in [0.1, 0.15) is 50.1 Å². The van der Waals surface area contributed by atoms with Crippen LogP contribution >= 0.6 is 0 Å². The fourth-order valence-electron chi connectivity index (χ4n) is 4.27. The Morgan fingerprint density at radius 3 is 2.31 bits per heavy atom. The van der Waals surface area contributed by atoms with E-state index in [0.29, 0.717) is 24.3 Å². The highest BCUT2D eigenvalue weighted by molar-refractivity contribution is 7.92. The topological polar surface area (TPSA) is 115 Å². The molecule has 0 saturated carbocycles. The van der Waals surface area contributed by atoms with Gasteiger partial charge in [0.2, 0.25) is 5.95 Å². The van der Waals surface area contributed by atoms with Gasteiger partial charge in [-0.1, -0.05) is 45.0 Å². The average molecular weight is 556 g/mol. The first-order valence-electron chi connectivity index (χ1n) is 13.2. The van der Waals surface area contributed by atoms with Crippen molar-refractivity contribution in [2.24, 2.45) is 5.92 Å². The summed E-state index contributed by atoms with van der Waals surface area (Å²) in [7, 11) is -2.10. The quantitative estimate of drug-likeness (QED) is 0.478. The molecule has 1 aliphatic heterocycles. The lowest BCUT2D eigenvalue weighted by Crippen LogP contribution is -2.34. The molecule has 2 N–H and O–H groups in total. The average Bonchev–Trinajstić information content (AvgIpc) is 3.07. The number of aromatic amines is 1. The molecule has 2 aromatic carbocycles. The van der Waals surface area contributed by atoms with Crippen molar-refractivity contribution in [2.75, 3.05) is 37.9 Å². The highest BCUT2D eigenvalue weighted by atomic mass is 32.2. The van der Waals surface area contributed by atoms with E-state index in [0.717, 1.165) is 42.1 Å². The first-order chi connectivity index (χ1) is 18.4. The summed E-state index contributed by atoms with van der Waals surface area (Å²) >= 11 is 0. The molecular weight excluding hydrogens is 514 g/mol. The van der Waals surface area contributed by atoms with Gasteiger partial charge in [0.25, 0.3) is 21.5 Å². The van der Waals surface area contributed by atoms with E-state index in [1.54, 1.807) is 11.0 Å². The minimum atomic E-state index is -4.11. The molecule has 0 bridgehead atoms. The van der Waals surface area contributed by atoms with Crippen molar-refractivity contribution in [1.82, 2.24) is 19.8 Å². The molecule has 9 nitrogen and oxygen atoms in total. The normalized spacial score (nSPS) is 14.4. The van der Waals surface area contributed by atoms with Gasteiger partial charge in [-0.25, -0.2) is 18.1 Å². The van der Waals surface area contributed by atoms with E-state index in [1.807, 2.05) is 39.1 Å². The molecular formula is C29H41N5O4S. The predicted octanol–water partition coefficient (Wildman–Crippen LogP) is 4.54. The number of nitrogens with zero attached hydrogens (tertiary/aromatic N) is 3. The second-order valence-corrected chi connectivity index (χ2v) is 12.2. The van der Waals surface area contributed by atoms with Crippen molar-refractivity contribution in [3.63, 3.8) is 0 Å². The number of hydrogen-bond donors (Lipinski definition) is 2. The molecule has 39 heavy (non-hydrogen) atoms. The summed E-state index contributed by atoms with van der Waals surface area (Å²) < 4.78 is 28.6. The highest BCUT2D eigenvalue weighted by Crippen LogP contribution is 2.25. The molecule has 212 valence electrons. The van der Waals surface area contributed by atoms with Crippen LogP contribution in [-0.4, -0.2) is 67.3 Å². The summed E-state index contributed by atoms with van der Waals surface area (Å²) in [6, 6.07) is 13.0. The fourth-order valence-corrected chi connectivity index (χ4v) is 5.28. The molecule has 1 saturated heterocycles. The summed E-state index contributed by atoms with van der Waals surface area (Å²) in [6.45, 7) is 13.2. The Hall–Kier alpha value is -3.50. The zero-order chi connectivity index (χ0) is 28.7. The lowest BCUT2D eigenvalue weighted by Gasteiger charge is -2.21. The molecule has 2 heterocycles. The number of hydrogen-bond acceptors (Lipinski definition) is 6. The largest absolute Gasteiger partial charge is 0.337 e. The molecule has 0 unspecified atom stereocenters. The number of aryl methyl sites for hydroxylation is 2. The lowest BCUT2D eigenvalue weighted by atomic mass is 10.00. The van der Waals surface area contributed by atoms with Crippen molar-refractivity contribution in [3.8, 4) is 11.3 Å². The van der Waals surface area contributed by atoms with Gasteiger partial charge in [0.05, 0.1) is 10.6 Å². The summed E-state index contributed by atoms with van der Waals surface area (Å²) in [4.78, 5) is 36.0. The third-order valence-electron chi connectivity index (χ3n) is 6.11. The smallest absolute Gasteiger partial charge is 0.264 e. The zero-order valence-corrected chi connectivity index (χ0v) is 24.4. The van der Waals surface area contributed by atoms with Gasteiger partial charge in [0, 0.05) is 38.3 Å². The number of anilines is 1. The maximum atomic E-state index is 13.1. The van der Waals surface area contributed by atoms with Crippen LogP contribution in [0.25, 0.3) is 11.3 Å². The molecule has 1 amide bonds. The number of aromatic nitrogens is 2. The molecule has 10 heteroatoms. The van der Waals surface area contributed by atoms with Gasteiger partial charge in [0.1, 0.15) is 0 Å². The van der Waals surface area contributed by atoms with Gasteiger partial charge in [-0.2, -0.15) is 0 Å². The zero-order valence-electron chi connectivity index (χ0n) is 23.6. The number of nitrogens with one attached hydrogen (secondary N) is 2. The number of likely N-dealkylation sites (N-methyl/N-ethyl adjacent to an activating group) is 1. The molecule has 4 rings (SSSR count). The third-order valence-corrected chi connectivity index (χ3v) is 7.44. The van der Waals surface area contributed by atoms with Gasteiger partial charge in [0.15, 0.2) is 0 Å². The highest BCUT2D eigenvalue weighted by Gasteiger charge is 2.22. The van der Waals surface area contributed by atoms with E-state index in [-0.39, 0.29) is 18.2 Å². The number of rotatable bonds is 5. The van der Waals surface area contributed by atoms with Crippen molar-refractivity contribution in [1.29, 1.82) is 0 Å². The van der Waals surface area contributed by atoms with Crippen LogP contribution in [0.15, 0.2) is 58.2 Å². The van der Waals surface area contributed by atoms with E-state index in [2.05, 4.69) is 40.4 Å². The fraction of sp³-hybridized carbons (Fsp3) is 0.414. The van der Waals surface area contributed by atoms with Gasteiger partial charge in [-0.3, -0.25) is 14.6 Å². The molecule has 0 spiro atoms. The van der Waals surface area contributed by atoms with Gasteiger partial charge < -0.3 is 9.80 Å². The van der Waals surface area contributed by atoms with Crippen LogP contribution < -0.4 is 10.3 Å². The summed E-state index contributed by atoms with van der Waals surface area (Å²) in [5.41, 5.74) is 2.80. The lowest BCUT2D eigenvalue weighted by molar-refractivity contribution is 0.0762. The van der Waals surface area contributed by atoms with Crippen molar-refractivity contribution in [2.45, 2.75) is 45.9 Å². The first-order valence-corrected chi connectivity index (χ1v) is 14.6. The second-order valence-electron chi connectivity index (χ2n) is 10.6. The number of amides is 1. The van der Waals surface area contributed by atoms with Crippen LogP contribution in [0, 0.1) is 19.8 Å². The number of sulfonamides is 1. The maximum absolute atomic E-state index is 13.1. The van der Waals surface area contributed by atoms with E-state index in [4.69, 9.17) is 0 Å². The molecule has 1 fully saturated rings. The number of H-pyrrole nitrogens is 1. The molecule has 0 atom stereocenters. The molecule has 0 aliphatic carbocycles. The predicted molar refractivity (Wildman–Crippen MR) is 158 cm³/mol. The Labute approximate surface area is 232 Å². The SMILES string of the molecule is CC(C)C.Cc1cccc(C)c1-c1cc(=O)[nH]c(NS(=O)(=O)c2cccc(C(=O)N3CCCN(C)CC3)c2)n1.[HH]. The van der Waals surface area contributed by atoms with Crippen molar-refractivity contribution < 1.29 is 14.6 Å². The molecule has 0 radical (unpaired) electrons. The third kappa shape index (κ3) is 8.24. The standard InChI is InChI=1S/C25H29N5O4S.C4H10.H2/c1-17-7-4-8-18(2)23(17)21-16-22(31)27-25(26-21)28-35(33,34)20-10-5-9-19(15-20)24(32)30-12-6-11-29(3)13-14-30;1-4(2)3;/h4-5,7-10,15-16H,6,11-14H2,1-3H3,(H2,26,27,28,31);4H,1-3H3;1H. The van der Waals surface area contributed by atoms with Crippen LogP contribution in [-0.2, 0) is 10.0 Å². The number of benzene rings is 2. The monoisotopic (exact) mass is 555 g/mol. The molecule has 3 aromatic rings. The van der Waals surface area contributed by atoms with Crippen LogP contribution in [0.3, 0.4) is 0 Å². The van der Waals surface area contributed by atoms with Gasteiger partial charge in [-0.15, -0.1) is 0 Å². The molecule has 1 aromatic heterocycles. The number of carbonyl (C=O) groups excluding carboxylic acids is 1. The maximum Gasteiger partial charge on any atom is 0.264 e. The summed E-state index contributed by atoms with van der Waals surface area (Å²) in [5.74, 6) is 0.434. The van der Waals surface area contributed by atoms with Gasteiger partial charge >= 0.3 is 0 Å². The van der Waals surface area contributed by atoms with E-state index in [1.165, 1.54) is 24.3 Å². The first kappa shape index (κ1) is 30.0. The van der Waals surface area contributed by atoms with Gasteiger partial charge in [-0.05, 0) is 69.1 Å². The Balaban J connectivity index is 0.00000105. The van der Waals surface area contributed by atoms with Crippen molar-refractivity contribution in [3.05, 3.63) is 75.6 Å². The Bertz CT molecular complexity index is 1450. The van der Waals surface area contributed by atoms with Crippen LogP contribution in [0.4, 0.5) is 5.95 Å². The minimum Gasteiger partial charge on any atom is -0.337 e. The summed E-state index contributed by atoms with van der Waals surface area (Å²) in [5, 5.41) is 0. The molecule has 1 aliphatic rings. The Morgan fingerprint density at radius 2 is 1.64 bits per heavy atom. The van der Waals surface area contributed by atoms with E-state index >= 15 is 0 Å². The van der Waals surface area contributed by atoms with E-state index < -0.39 is 15.6 Å². The second kappa shape index (κ2) is 13.0. The van der Waals surface area contributed by atoms with Crippen LogP contribution in [0.2, 0.25) is 0 Å².